The van der Waals surface area contributed by atoms with E-state index in [0.29, 0.717) is 11.5 Å². The van der Waals surface area contributed by atoms with Crippen LogP contribution in [0.2, 0.25) is 0 Å². The van der Waals surface area contributed by atoms with Gasteiger partial charge < -0.3 is 9.47 Å². The summed E-state index contributed by atoms with van der Waals surface area (Å²) >= 11 is 1.55. The highest BCUT2D eigenvalue weighted by Gasteiger charge is 2.28. The van der Waals surface area contributed by atoms with Gasteiger partial charge in [-0.05, 0) is 39.0 Å². The minimum Gasteiger partial charge on any atom is -0.456 e. The number of urea groups is 1. The molecule has 0 spiro atoms. The maximum absolute atomic E-state index is 12.0. The molecule has 0 saturated heterocycles. The van der Waals surface area contributed by atoms with Gasteiger partial charge in [0.05, 0.1) is 21.8 Å². The van der Waals surface area contributed by atoms with Crippen LogP contribution in [0.15, 0.2) is 42.9 Å². The van der Waals surface area contributed by atoms with Gasteiger partial charge in [0.25, 0.3) is 5.91 Å². The summed E-state index contributed by atoms with van der Waals surface area (Å²) in [6, 6.07) is 6.07. The third kappa shape index (κ3) is 5.37. The lowest BCUT2D eigenvalue weighted by atomic mass is 10.1. The second-order valence-corrected chi connectivity index (χ2v) is 7.96. The Hall–Kier alpha value is -3.37. The van der Waals surface area contributed by atoms with Crippen LogP contribution in [0.3, 0.4) is 0 Å². The number of aromatic nitrogens is 3. The molecule has 3 amide bonds. The van der Waals surface area contributed by atoms with Crippen molar-refractivity contribution < 1.29 is 19.1 Å². The second kappa shape index (κ2) is 8.97. The predicted octanol–water partition coefficient (Wildman–Crippen LogP) is 3.77. The van der Waals surface area contributed by atoms with Gasteiger partial charge in [-0.15, -0.1) is 11.3 Å². The summed E-state index contributed by atoms with van der Waals surface area (Å²) in [6.07, 6.45) is 4.90. The molecule has 156 valence electrons. The molecule has 2 N–H and O–H groups in total. The smallest absolute Gasteiger partial charge is 0.327 e. The SMILES string of the molecule is COC(C)(C)C(=O)NC(=O)Nc1ccc(Oc2ccnc(-c3cnc(C)s3)c2)cn1. The van der Waals surface area contributed by atoms with Crippen LogP contribution in [0, 0.1) is 6.92 Å². The first-order chi connectivity index (χ1) is 14.3. The molecule has 3 heterocycles. The molecule has 0 fully saturated rings. The van der Waals surface area contributed by atoms with E-state index in [9.17, 15) is 9.59 Å². The maximum Gasteiger partial charge on any atom is 0.327 e. The summed E-state index contributed by atoms with van der Waals surface area (Å²) in [7, 11) is 1.39. The summed E-state index contributed by atoms with van der Waals surface area (Å²) in [6.45, 7) is 5.05. The van der Waals surface area contributed by atoms with Gasteiger partial charge in [-0.25, -0.2) is 14.8 Å². The average Bonchev–Trinajstić information content (AvgIpc) is 3.16. The molecular formula is C20H21N5O4S. The Morgan fingerprint density at radius 3 is 2.50 bits per heavy atom. The van der Waals surface area contributed by atoms with Gasteiger partial charge >= 0.3 is 6.03 Å². The van der Waals surface area contributed by atoms with Crippen molar-refractivity contribution in [2.45, 2.75) is 26.4 Å². The number of nitrogens with zero attached hydrogens (tertiary/aromatic N) is 3. The van der Waals surface area contributed by atoms with E-state index in [0.717, 1.165) is 15.6 Å². The third-order valence-electron chi connectivity index (χ3n) is 4.10. The molecule has 3 aromatic heterocycles. The molecule has 0 aromatic carbocycles. The Morgan fingerprint density at radius 2 is 1.87 bits per heavy atom. The summed E-state index contributed by atoms with van der Waals surface area (Å²) in [5, 5.41) is 5.65. The number of thiazole rings is 1. The first-order valence-electron chi connectivity index (χ1n) is 8.97. The maximum atomic E-state index is 12.0. The van der Waals surface area contributed by atoms with E-state index >= 15 is 0 Å². The first-order valence-corrected chi connectivity index (χ1v) is 9.79. The number of amides is 3. The molecule has 3 rings (SSSR count). The van der Waals surface area contributed by atoms with Crippen LogP contribution >= 0.6 is 11.3 Å². The summed E-state index contributed by atoms with van der Waals surface area (Å²) in [5.41, 5.74) is -0.353. The molecule has 0 atom stereocenters. The number of methoxy groups -OCH3 is 1. The lowest BCUT2D eigenvalue weighted by molar-refractivity contribution is -0.138. The fourth-order valence-electron chi connectivity index (χ4n) is 2.23. The summed E-state index contributed by atoms with van der Waals surface area (Å²) < 4.78 is 10.8. The summed E-state index contributed by atoms with van der Waals surface area (Å²) in [4.78, 5) is 37.5. The number of hydrogen-bond donors (Lipinski definition) is 2. The molecule has 0 aliphatic heterocycles. The van der Waals surface area contributed by atoms with Crippen molar-refractivity contribution in [2.24, 2.45) is 0 Å². The highest BCUT2D eigenvalue weighted by Crippen LogP contribution is 2.28. The molecule has 0 bridgehead atoms. The lowest BCUT2D eigenvalue weighted by Crippen LogP contribution is -2.47. The van der Waals surface area contributed by atoms with Gasteiger partial charge in [-0.1, -0.05) is 0 Å². The first kappa shape index (κ1) is 21.3. The van der Waals surface area contributed by atoms with Crippen molar-refractivity contribution >= 4 is 29.1 Å². The van der Waals surface area contributed by atoms with Crippen molar-refractivity contribution in [3.8, 4) is 22.1 Å². The zero-order valence-corrected chi connectivity index (χ0v) is 17.7. The van der Waals surface area contributed by atoms with Crippen molar-refractivity contribution in [2.75, 3.05) is 12.4 Å². The molecule has 9 nitrogen and oxygen atoms in total. The van der Waals surface area contributed by atoms with Crippen LogP contribution in [-0.4, -0.2) is 39.6 Å². The Bertz CT molecular complexity index is 1050. The number of pyridine rings is 2. The van der Waals surface area contributed by atoms with Gasteiger partial charge in [0.2, 0.25) is 0 Å². The fraction of sp³-hybridized carbons (Fsp3) is 0.250. The quantitative estimate of drug-likeness (QED) is 0.615. The second-order valence-electron chi connectivity index (χ2n) is 6.72. The third-order valence-corrected chi connectivity index (χ3v) is 5.04. The van der Waals surface area contributed by atoms with Crippen LogP contribution in [0.5, 0.6) is 11.5 Å². The molecule has 10 heteroatoms. The standard InChI is InChI=1S/C20H21N5O4S/c1-12-22-11-16(30-12)15-9-13(7-8-21-15)29-14-5-6-17(23-10-14)24-19(27)25-18(26)20(2,3)28-4/h5-11H,1-4H3,(H2,23,24,25,26,27). The molecule has 0 aliphatic carbocycles. The van der Waals surface area contributed by atoms with Crippen molar-refractivity contribution in [1.29, 1.82) is 0 Å². The van der Waals surface area contributed by atoms with Crippen LogP contribution in [0.25, 0.3) is 10.6 Å². The zero-order chi connectivity index (χ0) is 21.7. The van der Waals surface area contributed by atoms with E-state index in [1.165, 1.54) is 13.3 Å². The Morgan fingerprint density at radius 1 is 1.07 bits per heavy atom. The normalized spacial score (nSPS) is 11.1. The van der Waals surface area contributed by atoms with Crippen LogP contribution in [0.4, 0.5) is 10.6 Å². The van der Waals surface area contributed by atoms with Crippen LogP contribution < -0.4 is 15.4 Å². The van der Waals surface area contributed by atoms with Gasteiger partial charge in [0.1, 0.15) is 22.9 Å². The number of aryl methyl sites for hydroxylation is 1. The number of hydrogen-bond acceptors (Lipinski definition) is 8. The molecule has 30 heavy (non-hydrogen) atoms. The topological polar surface area (TPSA) is 115 Å². The molecule has 0 unspecified atom stereocenters. The largest absolute Gasteiger partial charge is 0.456 e. The van der Waals surface area contributed by atoms with Gasteiger partial charge in [0, 0.05) is 25.6 Å². The van der Waals surface area contributed by atoms with Crippen molar-refractivity contribution in [1.82, 2.24) is 20.3 Å². The number of ether oxygens (including phenoxy) is 2. The van der Waals surface area contributed by atoms with E-state index < -0.39 is 17.5 Å². The number of nitrogens with one attached hydrogen (secondary N) is 2. The minimum atomic E-state index is -1.12. The Kier molecular flexibility index (Phi) is 6.38. The zero-order valence-electron chi connectivity index (χ0n) is 16.9. The van der Waals surface area contributed by atoms with Crippen LogP contribution in [-0.2, 0) is 9.53 Å². The van der Waals surface area contributed by atoms with Gasteiger partial charge in [0.15, 0.2) is 0 Å². The van der Waals surface area contributed by atoms with Crippen LogP contribution in [0.1, 0.15) is 18.9 Å². The molecule has 3 aromatic rings. The predicted molar refractivity (Wildman–Crippen MR) is 113 cm³/mol. The average molecular weight is 427 g/mol. The Labute approximate surface area is 177 Å². The summed E-state index contributed by atoms with van der Waals surface area (Å²) in [5.74, 6) is 0.777. The number of anilines is 1. The van der Waals surface area contributed by atoms with E-state index in [1.807, 2.05) is 13.0 Å². The molecule has 0 aliphatic rings. The lowest BCUT2D eigenvalue weighted by Gasteiger charge is -2.20. The van der Waals surface area contributed by atoms with Gasteiger partial charge in [-0.3, -0.25) is 20.4 Å². The van der Waals surface area contributed by atoms with E-state index in [1.54, 1.807) is 55.8 Å². The highest BCUT2D eigenvalue weighted by molar-refractivity contribution is 7.15. The Balaban J connectivity index is 1.61. The monoisotopic (exact) mass is 427 g/mol. The van der Waals surface area contributed by atoms with E-state index in [4.69, 9.17) is 9.47 Å². The highest BCUT2D eigenvalue weighted by atomic mass is 32.1. The fourth-order valence-corrected chi connectivity index (χ4v) is 2.98. The van der Waals surface area contributed by atoms with E-state index in [2.05, 4.69) is 25.6 Å². The number of carbonyl (C=O) groups is 2. The minimum absolute atomic E-state index is 0.262. The number of rotatable bonds is 6. The van der Waals surface area contributed by atoms with Crippen molar-refractivity contribution in [3.05, 3.63) is 47.9 Å². The van der Waals surface area contributed by atoms with Gasteiger partial charge in [-0.2, -0.15) is 0 Å². The molecule has 0 saturated carbocycles. The molecular weight excluding hydrogens is 406 g/mol. The number of imide groups is 1. The van der Waals surface area contributed by atoms with E-state index in [-0.39, 0.29) is 5.82 Å². The molecule has 0 radical (unpaired) electrons. The van der Waals surface area contributed by atoms with Crippen molar-refractivity contribution in [3.63, 3.8) is 0 Å². The number of carbonyl (C=O) groups excluding carboxylic acids is 2.